The maximum absolute atomic E-state index is 9.50. The third-order valence-corrected chi connectivity index (χ3v) is 3.52. The minimum Gasteiger partial charge on any atom is -0.391 e. The minimum absolute atomic E-state index is 0.214. The van der Waals surface area contributed by atoms with Gasteiger partial charge in [0.25, 0.3) is 0 Å². The smallest absolute Gasteiger partial charge is 0.140 e. The number of thiophene rings is 1. The van der Waals surface area contributed by atoms with Gasteiger partial charge in [-0.3, -0.25) is 0 Å². The van der Waals surface area contributed by atoms with Crippen LogP contribution in [0.3, 0.4) is 0 Å². The zero-order chi connectivity index (χ0) is 10.3. The predicted molar refractivity (Wildman–Crippen MR) is 60.3 cm³/mol. The van der Waals surface area contributed by atoms with Crippen LogP contribution in [-0.4, -0.2) is 34.3 Å². The maximum atomic E-state index is 9.50. The van der Waals surface area contributed by atoms with Crippen LogP contribution in [0.4, 0.5) is 5.82 Å². The Hall–Kier alpha value is -1.20. The lowest BCUT2D eigenvalue weighted by Gasteiger charge is -2.16. The second-order valence-electron chi connectivity index (χ2n) is 3.73. The number of nitrogens with zero attached hydrogens (tertiary/aromatic N) is 3. The number of aliphatic hydroxyl groups is 1. The first-order valence-electron chi connectivity index (χ1n) is 4.96. The predicted octanol–water partition coefficient (Wildman–Crippen LogP) is 1.26. The molecule has 3 rings (SSSR count). The molecule has 0 saturated carbocycles. The van der Waals surface area contributed by atoms with Crippen molar-refractivity contribution in [3.05, 3.63) is 17.8 Å². The lowest BCUT2D eigenvalue weighted by molar-refractivity contribution is 0.198. The Morgan fingerprint density at radius 1 is 1.47 bits per heavy atom. The molecule has 4 nitrogen and oxygen atoms in total. The summed E-state index contributed by atoms with van der Waals surface area (Å²) in [6.45, 7) is 1.56. The Bertz CT molecular complexity index is 484. The fourth-order valence-electron chi connectivity index (χ4n) is 1.96. The number of anilines is 1. The Balaban J connectivity index is 2.06. The van der Waals surface area contributed by atoms with Gasteiger partial charge in [-0.15, -0.1) is 11.3 Å². The summed E-state index contributed by atoms with van der Waals surface area (Å²) in [5, 5.41) is 12.6. The van der Waals surface area contributed by atoms with Crippen LogP contribution in [0.5, 0.6) is 0 Å². The average Bonchev–Trinajstić information content (AvgIpc) is 2.84. The molecule has 0 radical (unpaired) electrons. The van der Waals surface area contributed by atoms with Gasteiger partial charge in [-0.1, -0.05) is 0 Å². The molecule has 0 bridgehead atoms. The van der Waals surface area contributed by atoms with E-state index in [-0.39, 0.29) is 6.10 Å². The maximum Gasteiger partial charge on any atom is 0.140 e. The molecule has 0 aliphatic carbocycles. The van der Waals surface area contributed by atoms with Crippen molar-refractivity contribution in [2.45, 2.75) is 12.5 Å². The highest BCUT2D eigenvalue weighted by molar-refractivity contribution is 7.16. The highest BCUT2D eigenvalue weighted by Gasteiger charge is 2.22. The van der Waals surface area contributed by atoms with Crippen molar-refractivity contribution in [1.29, 1.82) is 0 Å². The summed E-state index contributed by atoms with van der Waals surface area (Å²) in [6, 6.07) is 2.04. The quantitative estimate of drug-likeness (QED) is 0.787. The van der Waals surface area contributed by atoms with Gasteiger partial charge in [-0.05, 0) is 17.9 Å². The molecule has 1 N–H and O–H groups in total. The normalized spacial score (nSPS) is 21.4. The Morgan fingerprint density at radius 3 is 3.20 bits per heavy atom. The molecule has 2 aromatic rings. The average molecular weight is 221 g/mol. The summed E-state index contributed by atoms with van der Waals surface area (Å²) in [4.78, 5) is 11.7. The molecule has 0 amide bonds. The number of hydrogen-bond acceptors (Lipinski definition) is 5. The number of β-amino-alcohol motifs (C(OH)–C–C–N with tert-alkyl or cyclic N) is 1. The van der Waals surface area contributed by atoms with E-state index in [2.05, 4.69) is 14.9 Å². The molecule has 78 valence electrons. The molecule has 1 aliphatic rings. The van der Waals surface area contributed by atoms with E-state index in [0.29, 0.717) is 6.54 Å². The highest BCUT2D eigenvalue weighted by atomic mass is 32.1. The summed E-state index contributed by atoms with van der Waals surface area (Å²) in [5.41, 5.74) is 0. The van der Waals surface area contributed by atoms with Gasteiger partial charge in [0.15, 0.2) is 0 Å². The van der Waals surface area contributed by atoms with E-state index in [4.69, 9.17) is 0 Å². The van der Waals surface area contributed by atoms with E-state index in [0.717, 1.165) is 29.0 Å². The van der Waals surface area contributed by atoms with E-state index in [1.54, 1.807) is 17.7 Å². The molecular formula is C10H11N3OS. The monoisotopic (exact) mass is 221 g/mol. The zero-order valence-electron chi connectivity index (χ0n) is 8.13. The third-order valence-electron chi connectivity index (χ3n) is 2.70. The van der Waals surface area contributed by atoms with E-state index >= 15 is 0 Å². The summed E-state index contributed by atoms with van der Waals surface area (Å²) in [5.74, 6) is 0.956. The van der Waals surface area contributed by atoms with Gasteiger partial charge in [0, 0.05) is 13.1 Å². The lowest BCUT2D eigenvalue weighted by atomic mass is 10.3. The highest BCUT2D eigenvalue weighted by Crippen LogP contribution is 2.28. The van der Waals surface area contributed by atoms with E-state index in [1.807, 2.05) is 11.4 Å². The first-order chi connectivity index (χ1) is 7.34. The summed E-state index contributed by atoms with van der Waals surface area (Å²) in [7, 11) is 0. The van der Waals surface area contributed by atoms with Crippen molar-refractivity contribution in [2.75, 3.05) is 18.0 Å². The fourth-order valence-corrected chi connectivity index (χ4v) is 2.69. The molecule has 1 saturated heterocycles. The Morgan fingerprint density at radius 2 is 2.40 bits per heavy atom. The van der Waals surface area contributed by atoms with Gasteiger partial charge < -0.3 is 10.0 Å². The van der Waals surface area contributed by atoms with Crippen molar-refractivity contribution in [3.63, 3.8) is 0 Å². The number of aromatic nitrogens is 2. The molecule has 1 atom stereocenters. The van der Waals surface area contributed by atoms with Crippen LogP contribution in [0.25, 0.3) is 10.2 Å². The van der Waals surface area contributed by atoms with Crippen LogP contribution in [0, 0.1) is 0 Å². The Kier molecular flexibility index (Phi) is 2.07. The van der Waals surface area contributed by atoms with Crippen LogP contribution in [0.2, 0.25) is 0 Å². The van der Waals surface area contributed by atoms with Crippen molar-refractivity contribution in [1.82, 2.24) is 9.97 Å². The van der Waals surface area contributed by atoms with Gasteiger partial charge in [-0.25, -0.2) is 9.97 Å². The Labute approximate surface area is 91.2 Å². The third kappa shape index (κ3) is 1.48. The second-order valence-corrected chi connectivity index (χ2v) is 4.62. The molecule has 0 spiro atoms. The first kappa shape index (κ1) is 9.06. The van der Waals surface area contributed by atoms with E-state index < -0.39 is 0 Å². The van der Waals surface area contributed by atoms with Crippen LogP contribution < -0.4 is 4.90 Å². The zero-order valence-corrected chi connectivity index (χ0v) is 8.94. The van der Waals surface area contributed by atoms with Crippen LogP contribution in [0.15, 0.2) is 17.8 Å². The van der Waals surface area contributed by atoms with Crippen molar-refractivity contribution in [3.8, 4) is 0 Å². The van der Waals surface area contributed by atoms with E-state index in [9.17, 15) is 5.11 Å². The van der Waals surface area contributed by atoms with Gasteiger partial charge >= 0.3 is 0 Å². The summed E-state index contributed by atoms with van der Waals surface area (Å²) >= 11 is 1.62. The topological polar surface area (TPSA) is 49.2 Å². The van der Waals surface area contributed by atoms with Crippen molar-refractivity contribution < 1.29 is 5.11 Å². The SMILES string of the molecule is OC1CCN(c2ncnc3sccc23)C1. The number of fused-ring (bicyclic) bond motifs is 1. The molecule has 2 aromatic heterocycles. The van der Waals surface area contributed by atoms with Crippen molar-refractivity contribution in [2.24, 2.45) is 0 Å². The number of hydrogen-bond donors (Lipinski definition) is 1. The summed E-state index contributed by atoms with van der Waals surface area (Å²) in [6.07, 6.45) is 2.21. The molecular weight excluding hydrogens is 210 g/mol. The summed E-state index contributed by atoms with van der Waals surface area (Å²) < 4.78 is 0. The van der Waals surface area contributed by atoms with Gasteiger partial charge in [0.05, 0.1) is 11.5 Å². The first-order valence-corrected chi connectivity index (χ1v) is 5.84. The molecule has 15 heavy (non-hydrogen) atoms. The minimum atomic E-state index is -0.214. The van der Waals surface area contributed by atoms with Crippen LogP contribution in [0.1, 0.15) is 6.42 Å². The molecule has 1 aliphatic heterocycles. The standard InChI is InChI=1S/C10H11N3OS/c14-7-1-3-13(5-7)9-8-2-4-15-10(8)12-6-11-9/h2,4,6-7,14H,1,3,5H2. The van der Waals surface area contributed by atoms with E-state index in [1.165, 1.54) is 0 Å². The van der Waals surface area contributed by atoms with Gasteiger partial charge in [-0.2, -0.15) is 0 Å². The fraction of sp³-hybridized carbons (Fsp3) is 0.400. The molecule has 0 aromatic carbocycles. The molecule has 1 unspecified atom stereocenters. The van der Waals surface area contributed by atoms with Gasteiger partial charge in [0.1, 0.15) is 17.0 Å². The molecule has 3 heterocycles. The second kappa shape index (κ2) is 3.43. The van der Waals surface area contributed by atoms with Crippen molar-refractivity contribution >= 4 is 27.4 Å². The van der Waals surface area contributed by atoms with Crippen LogP contribution >= 0.6 is 11.3 Å². The number of rotatable bonds is 1. The lowest BCUT2D eigenvalue weighted by Crippen LogP contribution is -2.22. The van der Waals surface area contributed by atoms with Gasteiger partial charge in [0.2, 0.25) is 0 Å². The number of aliphatic hydroxyl groups excluding tert-OH is 1. The molecule has 5 heteroatoms. The molecule has 1 fully saturated rings. The largest absolute Gasteiger partial charge is 0.391 e. The van der Waals surface area contributed by atoms with Crippen LogP contribution in [-0.2, 0) is 0 Å².